The molecule has 2 atom stereocenters. The van der Waals surface area contributed by atoms with Crippen LogP contribution in [-0.2, 0) is 10.9 Å². The number of hydrogen-bond donors (Lipinski definition) is 2. The molecule has 2 nitrogen and oxygen atoms in total. The maximum Gasteiger partial charge on any atom is 0.225 e. The van der Waals surface area contributed by atoms with Crippen LogP contribution in [0, 0.1) is 0 Å². The van der Waals surface area contributed by atoms with Gasteiger partial charge in [-0.2, -0.15) is 0 Å². The Morgan fingerprint density at radius 3 is 2.33 bits per heavy atom. The van der Waals surface area contributed by atoms with Gasteiger partial charge in [0, 0.05) is 44.8 Å². The van der Waals surface area contributed by atoms with Crippen molar-refractivity contribution in [1.82, 2.24) is 9.97 Å². The summed E-state index contributed by atoms with van der Waals surface area (Å²) in [6.07, 6.45) is 0. The van der Waals surface area contributed by atoms with E-state index >= 15 is 0 Å². The molecule has 5 rings (SSSR count). The summed E-state index contributed by atoms with van der Waals surface area (Å²) in [4.78, 5) is 7.29. The van der Waals surface area contributed by atoms with E-state index in [2.05, 4.69) is 82.4 Å². The van der Waals surface area contributed by atoms with Crippen molar-refractivity contribution in [3.8, 4) is 0 Å². The molecular weight excluding hydrogens is 332 g/mol. The van der Waals surface area contributed by atoms with Gasteiger partial charge < -0.3 is 9.97 Å². The first kappa shape index (κ1) is 14.6. The molecule has 0 saturated carbocycles. The standard InChI is InChI=1S/C20H19N2S2/c1-3-7-16-14(5-1)11-18(21-16)19-13-24(10-9-23-19)20-12-15-6-2-4-8-17(15)22-20/h1-8,11-12,19,21-22H,9-10,13H2/q+1. The number of para-hydroxylation sites is 2. The molecule has 0 spiro atoms. The Kier molecular flexibility index (Phi) is 3.60. The van der Waals surface area contributed by atoms with Crippen LogP contribution in [0.3, 0.4) is 0 Å². The molecule has 0 radical (unpaired) electrons. The van der Waals surface area contributed by atoms with E-state index in [4.69, 9.17) is 0 Å². The monoisotopic (exact) mass is 351 g/mol. The number of benzene rings is 2. The number of rotatable bonds is 2. The molecule has 1 aliphatic heterocycles. The lowest BCUT2D eigenvalue weighted by Gasteiger charge is -2.20. The van der Waals surface area contributed by atoms with Gasteiger partial charge in [-0.1, -0.05) is 36.4 Å². The molecule has 4 heteroatoms. The highest BCUT2D eigenvalue weighted by atomic mass is 32.2. The lowest BCUT2D eigenvalue weighted by atomic mass is 10.2. The fraction of sp³-hybridized carbons (Fsp3) is 0.200. The van der Waals surface area contributed by atoms with Crippen LogP contribution in [-0.4, -0.2) is 27.2 Å². The molecule has 1 saturated heterocycles. The SMILES string of the molecule is c1ccc2[nH]c(C3C[S+](c4cc5ccccc5[nH]4)CCS3)cc2c1. The van der Waals surface area contributed by atoms with E-state index in [1.165, 1.54) is 49.8 Å². The maximum atomic E-state index is 3.66. The lowest BCUT2D eigenvalue weighted by Crippen LogP contribution is -2.24. The first-order valence-corrected chi connectivity index (χ1v) is 10.9. The summed E-state index contributed by atoms with van der Waals surface area (Å²) in [5, 5.41) is 4.66. The predicted octanol–water partition coefficient (Wildman–Crippen LogP) is 5.11. The number of H-pyrrole nitrogens is 2. The zero-order valence-corrected chi connectivity index (χ0v) is 14.9. The average molecular weight is 352 g/mol. The van der Waals surface area contributed by atoms with Crippen LogP contribution in [0.4, 0.5) is 0 Å². The van der Waals surface area contributed by atoms with Crippen LogP contribution < -0.4 is 0 Å². The smallest absolute Gasteiger partial charge is 0.225 e. The van der Waals surface area contributed by atoms with Gasteiger partial charge in [-0.25, -0.2) is 0 Å². The Hall–Kier alpha value is -1.78. The molecule has 1 fully saturated rings. The second-order valence-electron chi connectivity index (χ2n) is 6.26. The first-order valence-electron chi connectivity index (χ1n) is 8.31. The van der Waals surface area contributed by atoms with Crippen molar-refractivity contribution in [2.75, 3.05) is 17.3 Å². The van der Waals surface area contributed by atoms with E-state index in [-0.39, 0.29) is 0 Å². The minimum absolute atomic E-state index is 0.311. The first-order chi connectivity index (χ1) is 11.9. The van der Waals surface area contributed by atoms with Gasteiger partial charge in [0.05, 0.1) is 5.25 Å². The third-order valence-corrected chi connectivity index (χ3v) is 8.72. The van der Waals surface area contributed by atoms with Crippen molar-refractivity contribution >= 4 is 44.5 Å². The zero-order chi connectivity index (χ0) is 15.9. The van der Waals surface area contributed by atoms with Crippen molar-refractivity contribution in [3.63, 3.8) is 0 Å². The largest absolute Gasteiger partial charge is 0.357 e. The minimum atomic E-state index is 0.311. The Morgan fingerprint density at radius 2 is 1.58 bits per heavy atom. The molecule has 0 aliphatic carbocycles. The summed E-state index contributed by atoms with van der Waals surface area (Å²) in [6, 6.07) is 21.9. The molecule has 1 aliphatic rings. The van der Waals surface area contributed by atoms with Gasteiger partial charge in [0.2, 0.25) is 5.03 Å². The van der Waals surface area contributed by atoms with E-state index in [9.17, 15) is 0 Å². The van der Waals surface area contributed by atoms with Crippen LogP contribution >= 0.6 is 11.8 Å². The summed E-state index contributed by atoms with van der Waals surface area (Å²) in [7, 11) is 0.311. The maximum absolute atomic E-state index is 3.66. The third-order valence-electron chi connectivity index (χ3n) is 4.72. The number of nitrogens with one attached hydrogen (secondary N) is 2. The topological polar surface area (TPSA) is 31.6 Å². The van der Waals surface area contributed by atoms with Gasteiger partial charge in [0.15, 0.2) is 0 Å². The molecule has 2 aromatic heterocycles. The predicted molar refractivity (Wildman–Crippen MR) is 107 cm³/mol. The summed E-state index contributed by atoms with van der Waals surface area (Å²) in [5.74, 6) is 3.75. The summed E-state index contributed by atoms with van der Waals surface area (Å²) >= 11 is 2.10. The second-order valence-corrected chi connectivity index (χ2v) is 9.73. The molecule has 3 heterocycles. The van der Waals surface area contributed by atoms with Gasteiger partial charge in [0.25, 0.3) is 0 Å². The summed E-state index contributed by atoms with van der Waals surface area (Å²) in [6.45, 7) is 0. The number of aromatic amines is 2. The van der Waals surface area contributed by atoms with Crippen LogP contribution in [0.1, 0.15) is 10.9 Å². The van der Waals surface area contributed by atoms with Crippen LogP contribution in [0.5, 0.6) is 0 Å². The van der Waals surface area contributed by atoms with Crippen LogP contribution in [0.2, 0.25) is 0 Å². The van der Waals surface area contributed by atoms with E-state index in [0.717, 1.165) is 0 Å². The highest BCUT2D eigenvalue weighted by Crippen LogP contribution is 2.38. The van der Waals surface area contributed by atoms with Crippen LogP contribution in [0.25, 0.3) is 21.8 Å². The molecule has 0 bridgehead atoms. The van der Waals surface area contributed by atoms with E-state index in [0.29, 0.717) is 16.1 Å². The fourth-order valence-electron chi connectivity index (χ4n) is 3.46. The quantitative estimate of drug-likeness (QED) is 0.483. The van der Waals surface area contributed by atoms with Gasteiger partial charge in [-0.15, -0.1) is 11.8 Å². The van der Waals surface area contributed by atoms with Crippen molar-refractivity contribution in [2.45, 2.75) is 10.3 Å². The Balaban J connectivity index is 1.45. The van der Waals surface area contributed by atoms with Gasteiger partial charge in [0.1, 0.15) is 11.5 Å². The highest BCUT2D eigenvalue weighted by molar-refractivity contribution is 8.05. The molecule has 4 aromatic rings. The van der Waals surface area contributed by atoms with E-state index in [1.54, 1.807) is 0 Å². The van der Waals surface area contributed by atoms with Crippen LogP contribution in [0.15, 0.2) is 65.7 Å². The Morgan fingerprint density at radius 1 is 0.875 bits per heavy atom. The van der Waals surface area contributed by atoms with Gasteiger partial charge in [-0.3, -0.25) is 0 Å². The molecule has 24 heavy (non-hydrogen) atoms. The molecule has 2 N–H and O–H groups in total. The Labute approximate surface area is 148 Å². The Bertz CT molecular complexity index is 855. The molecule has 2 aromatic carbocycles. The zero-order valence-electron chi connectivity index (χ0n) is 13.3. The average Bonchev–Trinajstić information content (AvgIpc) is 3.26. The summed E-state index contributed by atoms with van der Waals surface area (Å²) < 4.78 is 0. The molecular formula is C20H19N2S2+. The number of thioether (sulfide) groups is 1. The van der Waals surface area contributed by atoms with Crippen molar-refractivity contribution in [2.24, 2.45) is 0 Å². The molecule has 2 unspecified atom stereocenters. The van der Waals surface area contributed by atoms with E-state index in [1.807, 2.05) is 0 Å². The highest BCUT2D eigenvalue weighted by Gasteiger charge is 2.34. The van der Waals surface area contributed by atoms with Crippen molar-refractivity contribution in [1.29, 1.82) is 0 Å². The summed E-state index contributed by atoms with van der Waals surface area (Å²) in [5.41, 5.74) is 3.90. The number of aromatic nitrogens is 2. The normalized spacial score (nSPS) is 21.5. The molecule has 120 valence electrons. The third kappa shape index (κ3) is 2.54. The van der Waals surface area contributed by atoms with Gasteiger partial charge in [-0.05, 0) is 23.6 Å². The van der Waals surface area contributed by atoms with Crippen molar-refractivity contribution in [3.05, 3.63) is 66.4 Å². The fourth-order valence-corrected chi connectivity index (χ4v) is 7.77. The minimum Gasteiger partial charge on any atom is -0.357 e. The van der Waals surface area contributed by atoms with Crippen molar-refractivity contribution < 1.29 is 0 Å². The number of fused-ring (bicyclic) bond motifs is 2. The number of hydrogen-bond acceptors (Lipinski definition) is 1. The van der Waals surface area contributed by atoms with E-state index < -0.39 is 0 Å². The second kappa shape index (κ2) is 5.94. The van der Waals surface area contributed by atoms with Gasteiger partial charge >= 0.3 is 0 Å². The molecule has 0 amide bonds. The lowest BCUT2D eigenvalue weighted by molar-refractivity contribution is 1.03.